The predicted molar refractivity (Wildman–Crippen MR) is 154 cm³/mol. The van der Waals surface area contributed by atoms with Crippen LogP contribution in [0.2, 0.25) is 0 Å². The van der Waals surface area contributed by atoms with Crippen molar-refractivity contribution in [1.29, 1.82) is 0 Å². The van der Waals surface area contributed by atoms with Gasteiger partial charge in [-0.25, -0.2) is 4.39 Å². The monoisotopic (exact) mass is 572 g/mol. The average Bonchev–Trinajstić information content (AvgIpc) is 3.45. The van der Waals surface area contributed by atoms with Crippen LogP contribution in [0.3, 0.4) is 0 Å². The van der Waals surface area contributed by atoms with Crippen LogP contribution in [-0.2, 0) is 32.8 Å². The first kappa shape index (κ1) is 27.7. The van der Waals surface area contributed by atoms with Gasteiger partial charge in [-0.05, 0) is 43.5 Å². The number of likely N-dealkylation sites (tertiary alicyclic amines) is 1. The molecular formula is C31H33FN6O4. The molecule has 3 heterocycles. The Labute approximate surface area is 242 Å². The van der Waals surface area contributed by atoms with Crippen LogP contribution in [0.5, 0.6) is 0 Å². The quantitative estimate of drug-likeness (QED) is 0.284. The number of aryl methyl sites for hydroxylation is 1. The van der Waals surface area contributed by atoms with Crippen molar-refractivity contribution in [2.45, 2.75) is 45.1 Å². The van der Waals surface area contributed by atoms with Crippen LogP contribution in [0, 0.1) is 11.2 Å². The van der Waals surface area contributed by atoms with Gasteiger partial charge in [0.15, 0.2) is 0 Å². The van der Waals surface area contributed by atoms with Crippen molar-refractivity contribution in [2.24, 2.45) is 12.5 Å². The number of Topliss-reactive ketones (excluding diaryl/α,β-unsaturated/α-hetero) is 1. The number of hydrogen-bond acceptors (Lipinski definition) is 6. The summed E-state index contributed by atoms with van der Waals surface area (Å²) in [6, 6.07) is 8.89. The van der Waals surface area contributed by atoms with E-state index in [9.17, 15) is 19.2 Å². The zero-order valence-electron chi connectivity index (χ0n) is 24.0. The van der Waals surface area contributed by atoms with Gasteiger partial charge < -0.3 is 19.4 Å². The van der Waals surface area contributed by atoms with Crippen molar-refractivity contribution in [3.63, 3.8) is 0 Å². The van der Waals surface area contributed by atoms with Gasteiger partial charge in [-0.3, -0.25) is 19.0 Å². The third-order valence-electron chi connectivity index (χ3n) is 8.83. The number of likely N-dealkylation sites (N-methyl/N-ethyl adjacent to an activating group) is 1. The van der Waals surface area contributed by atoms with E-state index >= 15 is 4.39 Å². The SMILES string of the molecule is CC(=O)CCC(=O)N1CC2(CC(c3nn(CC(=O)N(C)CC=O)c4cccc(-c5cc6c(cnn6C)cc5F)c34)C2)C1. The van der Waals surface area contributed by atoms with E-state index in [1.165, 1.54) is 17.9 Å². The van der Waals surface area contributed by atoms with Gasteiger partial charge in [-0.2, -0.15) is 10.2 Å². The Kier molecular flexibility index (Phi) is 6.90. The van der Waals surface area contributed by atoms with Gasteiger partial charge >= 0.3 is 0 Å². The second-order valence-electron chi connectivity index (χ2n) is 11.9. The van der Waals surface area contributed by atoms with Crippen LogP contribution in [0.1, 0.15) is 44.2 Å². The molecule has 218 valence electrons. The van der Waals surface area contributed by atoms with Gasteiger partial charge in [0.1, 0.15) is 24.4 Å². The minimum absolute atomic E-state index is 0.00952. The van der Waals surface area contributed by atoms with Crippen LogP contribution in [-0.4, -0.2) is 79.9 Å². The minimum Gasteiger partial charge on any atom is -0.341 e. The maximum Gasteiger partial charge on any atom is 0.244 e. The number of nitrogens with zero attached hydrogens (tertiary/aromatic N) is 6. The number of halogens is 1. The summed E-state index contributed by atoms with van der Waals surface area (Å²) >= 11 is 0. The minimum atomic E-state index is -0.368. The average molecular weight is 573 g/mol. The number of amides is 2. The summed E-state index contributed by atoms with van der Waals surface area (Å²) in [6.07, 6.45) is 4.47. The molecule has 0 atom stereocenters. The lowest BCUT2D eigenvalue weighted by molar-refractivity contribution is -0.152. The van der Waals surface area contributed by atoms with Crippen LogP contribution < -0.4 is 0 Å². The maximum atomic E-state index is 15.6. The predicted octanol–water partition coefficient (Wildman–Crippen LogP) is 3.46. The molecule has 11 heteroatoms. The zero-order chi connectivity index (χ0) is 29.8. The zero-order valence-corrected chi connectivity index (χ0v) is 24.0. The normalized spacial score (nSPS) is 16.0. The highest BCUT2D eigenvalue weighted by molar-refractivity contribution is 6.00. The molecular weight excluding hydrogens is 539 g/mol. The van der Waals surface area contributed by atoms with Crippen LogP contribution >= 0.6 is 0 Å². The maximum absolute atomic E-state index is 15.6. The fourth-order valence-electron chi connectivity index (χ4n) is 6.55. The highest BCUT2D eigenvalue weighted by Gasteiger charge is 2.54. The molecule has 6 rings (SSSR count). The smallest absolute Gasteiger partial charge is 0.244 e. The summed E-state index contributed by atoms with van der Waals surface area (Å²) in [7, 11) is 3.39. The molecule has 42 heavy (non-hydrogen) atoms. The number of rotatable bonds is 9. The van der Waals surface area contributed by atoms with Crippen molar-refractivity contribution in [3.05, 3.63) is 48.0 Å². The van der Waals surface area contributed by atoms with E-state index in [1.54, 1.807) is 28.7 Å². The summed E-state index contributed by atoms with van der Waals surface area (Å²) in [4.78, 5) is 50.8. The number of aldehydes is 1. The molecule has 2 aliphatic rings. The third kappa shape index (κ3) is 4.76. The molecule has 0 N–H and O–H groups in total. The van der Waals surface area contributed by atoms with Gasteiger partial charge in [-0.1, -0.05) is 12.1 Å². The van der Waals surface area contributed by atoms with E-state index in [0.29, 0.717) is 35.9 Å². The van der Waals surface area contributed by atoms with Crippen molar-refractivity contribution in [2.75, 3.05) is 26.7 Å². The fourth-order valence-corrected chi connectivity index (χ4v) is 6.55. The van der Waals surface area contributed by atoms with Crippen molar-refractivity contribution < 1.29 is 23.6 Å². The molecule has 2 fully saturated rings. The first-order chi connectivity index (χ1) is 20.1. The summed E-state index contributed by atoms with van der Waals surface area (Å²) in [5.74, 6) is -0.525. The van der Waals surface area contributed by atoms with Gasteiger partial charge in [0.05, 0.1) is 29.5 Å². The lowest BCUT2D eigenvalue weighted by Crippen LogP contribution is -2.63. The number of hydrogen-bond donors (Lipinski definition) is 0. The lowest BCUT2D eigenvalue weighted by Gasteiger charge is -2.59. The standard InChI is InChI=1S/C31H33FN6O4/c1-19(40)7-8-27(41)37-17-31(18-37)13-21(14-31)30-29-22(23-12-26-20(11-24(23)32)15-33-36(26)3)5-4-6-25(29)38(34-30)16-28(42)35(2)9-10-39/h4-6,10-12,15,21H,7-9,13-14,16-18H2,1-3H3. The van der Waals surface area contributed by atoms with E-state index in [-0.39, 0.29) is 60.7 Å². The number of carbonyl (C=O) groups excluding carboxylic acids is 4. The summed E-state index contributed by atoms with van der Waals surface area (Å²) in [6.45, 7) is 2.75. The Morgan fingerprint density at radius 2 is 1.88 bits per heavy atom. The second kappa shape index (κ2) is 10.5. The van der Waals surface area contributed by atoms with Crippen molar-refractivity contribution in [3.8, 4) is 11.1 Å². The molecule has 0 unspecified atom stereocenters. The molecule has 0 radical (unpaired) electrons. The number of ketones is 1. The lowest BCUT2D eigenvalue weighted by atomic mass is 9.56. The van der Waals surface area contributed by atoms with Crippen molar-refractivity contribution in [1.82, 2.24) is 29.4 Å². The van der Waals surface area contributed by atoms with E-state index in [1.807, 2.05) is 30.1 Å². The molecule has 4 aromatic rings. The number of fused-ring (bicyclic) bond motifs is 2. The fraction of sp³-hybridized carbons (Fsp3) is 0.419. The highest BCUT2D eigenvalue weighted by Crippen LogP contribution is 2.57. The molecule has 1 aliphatic heterocycles. The van der Waals surface area contributed by atoms with Crippen LogP contribution in [0.25, 0.3) is 32.9 Å². The third-order valence-corrected chi connectivity index (χ3v) is 8.83. The second-order valence-corrected chi connectivity index (χ2v) is 11.9. The summed E-state index contributed by atoms with van der Waals surface area (Å²) < 4.78 is 18.9. The van der Waals surface area contributed by atoms with E-state index in [4.69, 9.17) is 5.10 Å². The Balaban J connectivity index is 1.35. The number of benzene rings is 2. The molecule has 2 aromatic carbocycles. The number of aromatic nitrogens is 4. The van der Waals surface area contributed by atoms with Crippen LogP contribution in [0.4, 0.5) is 4.39 Å². The Morgan fingerprint density at radius 1 is 1.12 bits per heavy atom. The molecule has 1 spiro atoms. The van der Waals surface area contributed by atoms with Crippen molar-refractivity contribution >= 4 is 45.7 Å². The largest absolute Gasteiger partial charge is 0.341 e. The Morgan fingerprint density at radius 3 is 2.60 bits per heavy atom. The number of carbonyl (C=O) groups is 4. The molecule has 0 bridgehead atoms. The van der Waals surface area contributed by atoms with Gasteiger partial charge in [0, 0.05) is 67.7 Å². The molecule has 1 aliphatic carbocycles. The van der Waals surface area contributed by atoms with Gasteiger partial charge in [0.2, 0.25) is 11.8 Å². The molecule has 1 saturated heterocycles. The first-order valence-electron chi connectivity index (χ1n) is 14.1. The molecule has 2 aromatic heterocycles. The van der Waals surface area contributed by atoms with E-state index < -0.39 is 0 Å². The first-order valence-corrected chi connectivity index (χ1v) is 14.1. The Bertz CT molecular complexity index is 1740. The van der Waals surface area contributed by atoms with E-state index in [0.717, 1.165) is 35.0 Å². The molecule has 10 nitrogen and oxygen atoms in total. The summed E-state index contributed by atoms with van der Waals surface area (Å²) in [5, 5.41) is 10.7. The Hall–Kier alpha value is -4.41. The molecule has 1 saturated carbocycles. The van der Waals surface area contributed by atoms with Gasteiger partial charge in [-0.15, -0.1) is 0 Å². The topological polar surface area (TPSA) is 110 Å². The summed E-state index contributed by atoms with van der Waals surface area (Å²) in [5.41, 5.74) is 3.47. The van der Waals surface area contributed by atoms with Gasteiger partial charge in [0.25, 0.3) is 0 Å². The molecule has 2 amide bonds. The highest BCUT2D eigenvalue weighted by atomic mass is 19.1. The van der Waals surface area contributed by atoms with E-state index in [2.05, 4.69) is 5.10 Å². The van der Waals surface area contributed by atoms with Crippen LogP contribution in [0.15, 0.2) is 36.5 Å².